The van der Waals surface area contributed by atoms with Crippen molar-refractivity contribution < 1.29 is 9.18 Å². The number of ketones is 1. The first-order valence-corrected chi connectivity index (χ1v) is 8.13. The van der Waals surface area contributed by atoms with Crippen molar-refractivity contribution in [1.82, 2.24) is 9.88 Å². The summed E-state index contributed by atoms with van der Waals surface area (Å²) in [5, 5.41) is 0. The van der Waals surface area contributed by atoms with Gasteiger partial charge in [0, 0.05) is 19.0 Å². The molecule has 0 radical (unpaired) electrons. The Balaban J connectivity index is 1.56. The molecule has 1 aliphatic carbocycles. The molecule has 0 bridgehead atoms. The van der Waals surface area contributed by atoms with Crippen LogP contribution in [0.3, 0.4) is 0 Å². The van der Waals surface area contributed by atoms with E-state index in [1.807, 2.05) is 0 Å². The zero-order valence-electron chi connectivity index (χ0n) is 12.4. The number of aromatic nitrogens is 1. The van der Waals surface area contributed by atoms with Gasteiger partial charge in [0.2, 0.25) is 0 Å². The van der Waals surface area contributed by atoms with E-state index >= 15 is 0 Å². The van der Waals surface area contributed by atoms with Crippen LogP contribution in [0, 0.1) is 11.7 Å². The minimum Gasteiger partial charge on any atom is -0.300 e. The predicted octanol–water partition coefficient (Wildman–Crippen LogP) is 3.45. The van der Waals surface area contributed by atoms with Gasteiger partial charge in [-0.25, -0.2) is 4.39 Å². The third kappa shape index (κ3) is 3.49. The molecule has 1 aliphatic heterocycles. The number of pyridine rings is 1. The quantitative estimate of drug-likeness (QED) is 0.796. The van der Waals surface area contributed by atoms with Crippen LogP contribution >= 0.6 is 0 Å². The molecule has 1 saturated heterocycles. The standard InChI is InChI=1S/C17H23FN2O/c18-14-7-8-15(19-12-14)17(21)9-11-20-10-3-5-13-4-1-2-6-16(13)20/h7-8,12-13,16H,1-6,9-11H2/t13-,16-/m1/s1. The fraction of sp³-hybridized carbons (Fsp3) is 0.647. The van der Waals surface area contributed by atoms with Crippen molar-refractivity contribution in [2.45, 2.75) is 51.0 Å². The maximum Gasteiger partial charge on any atom is 0.182 e. The lowest BCUT2D eigenvalue weighted by atomic mass is 9.78. The number of hydrogen-bond acceptors (Lipinski definition) is 3. The average molecular weight is 290 g/mol. The Bertz CT molecular complexity index is 486. The van der Waals surface area contributed by atoms with Crippen molar-refractivity contribution in [2.75, 3.05) is 13.1 Å². The molecule has 1 saturated carbocycles. The molecule has 0 N–H and O–H groups in total. The Morgan fingerprint density at radius 2 is 2.05 bits per heavy atom. The summed E-state index contributed by atoms with van der Waals surface area (Å²) in [5.74, 6) is 0.465. The molecule has 0 aromatic carbocycles. The minimum atomic E-state index is -0.396. The van der Waals surface area contributed by atoms with E-state index in [0.717, 1.165) is 25.2 Å². The first-order chi connectivity index (χ1) is 10.2. The third-order valence-corrected chi connectivity index (χ3v) is 5.00. The van der Waals surface area contributed by atoms with E-state index in [-0.39, 0.29) is 5.78 Å². The number of Topliss-reactive ketones (excluding diaryl/α,β-unsaturated/α-hetero) is 1. The van der Waals surface area contributed by atoms with E-state index in [9.17, 15) is 9.18 Å². The molecule has 2 fully saturated rings. The second-order valence-corrected chi connectivity index (χ2v) is 6.32. The van der Waals surface area contributed by atoms with Crippen LogP contribution in [0.2, 0.25) is 0 Å². The number of carbonyl (C=O) groups is 1. The smallest absolute Gasteiger partial charge is 0.182 e. The Hall–Kier alpha value is -1.29. The second-order valence-electron chi connectivity index (χ2n) is 6.32. The average Bonchev–Trinajstić information content (AvgIpc) is 2.53. The van der Waals surface area contributed by atoms with Gasteiger partial charge >= 0.3 is 0 Å². The molecule has 1 aromatic heterocycles. The maximum atomic E-state index is 12.8. The molecule has 3 rings (SSSR count). The lowest BCUT2D eigenvalue weighted by Crippen LogP contribution is -2.47. The van der Waals surface area contributed by atoms with Gasteiger partial charge in [-0.3, -0.25) is 14.7 Å². The highest BCUT2D eigenvalue weighted by molar-refractivity contribution is 5.94. The van der Waals surface area contributed by atoms with E-state index < -0.39 is 5.82 Å². The van der Waals surface area contributed by atoms with Crippen LogP contribution in [0.4, 0.5) is 4.39 Å². The molecule has 0 unspecified atom stereocenters. The highest BCUT2D eigenvalue weighted by Gasteiger charge is 2.32. The number of rotatable bonds is 4. The van der Waals surface area contributed by atoms with Crippen molar-refractivity contribution in [2.24, 2.45) is 5.92 Å². The van der Waals surface area contributed by atoms with Crippen LogP contribution < -0.4 is 0 Å². The number of halogens is 1. The van der Waals surface area contributed by atoms with Crippen LogP contribution in [0.15, 0.2) is 18.3 Å². The van der Waals surface area contributed by atoms with Crippen molar-refractivity contribution in [3.8, 4) is 0 Å². The summed E-state index contributed by atoms with van der Waals surface area (Å²) in [6, 6.07) is 3.47. The predicted molar refractivity (Wildman–Crippen MR) is 79.7 cm³/mol. The Labute approximate surface area is 125 Å². The molecule has 1 aromatic rings. The van der Waals surface area contributed by atoms with Crippen molar-refractivity contribution in [3.63, 3.8) is 0 Å². The van der Waals surface area contributed by atoms with E-state index in [0.29, 0.717) is 18.2 Å². The summed E-state index contributed by atoms with van der Waals surface area (Å²) in [6.07, 6.45) is 9.55. The van der Waals surface area contributed by atoms with E-state index in [1.165, 1.54) is 50.7 Å². The lowest BCUT2D eigenvalue weighted by Gasteiger charge is -2.44. The van der Waals surface area contributed by atoms with Gasteiger partial charge in [-0.15, -0.1) is 0 Å². The first-order valence-electron chi connectivity index (χ1n) is 8.13. The van der Waals surface area contributed by atoms with Crippen LogP contribution in [0.1, 0.15) is 55.4 Å². The first kappa shape index (κ1) is 14.6. The SMILES string of the molecule is O=C(CCN1CCC[C@H]2CCCC[C@H]21)c1ccc(F)cn1. The molecule has 2 heterocycles. The largest absolute Gasteiger partial charge is 0.300 e. The van der Waals surface area contributed by atoms with Gasteiger partial charge < -0.3 is 0 Å². The van der Waals surface area contributed by atoms with E-state index in [1.54, 1.807) is 0 Å². The van der Waals surface area contributed by atoms with Gasteiger partial charge in [-0.2, -0.15) is 0 Å². The zero-order chi connectivity index (χ0) is 14.7. The summed E-state index contributed by atoms with van der Waals surface area (Å²) in [4.78, 5) is 18.5. The van der Waals surface area contributed by atoms with E-state index in [2.05, 4.69) is 9.88 Å². The fourth-order valence-corrected chi connectivity index (χ4v) is 3.92. The van der Waals surface area contributed by atoms with Gasteiger partial charge in [0.1, 0.15) is 11.5 Å². The Kier molecular flexibility index (Phi) is 4.63. The number of carbonyl (C=O) groups excluding carboxylic acids is 1. The van der Waals surface area contributed by atoms with Crippen LogP contribution in [-0.2, 0) is 0 Å². The summed E-state index contributed by atoms with van der Waals surface area (Å²) < 4.78 is 12.8. The van der Waals surface area contributed by atoms with Gasteiger partial charge in [-0.1, -0.05) is 12.8 Å². The summed E-state index contributed by atoms with van der Waals surface area (Å²) in [7, 11) is 0. The third-order valence-electron chi connectivity index (χ3n) is 5.00. The topological polar surface area (TPSA) is 33.2 Å². The minimum absolute atomic E-state index is 0.0212. The van der Waals surface area contributed by atoms with Crippen molar-refractivity contribution in [1.29, 1.82) is 0 Å². The molecule has 2 aliphatic rings. The number of hydrogen-bond donors (Lipinski definition) is 0. The summed E-state index contributed by atoms with van der Waals surface area (Å²) in [5.41, 5.74) is 0.383. The molecule has 2 atom stereocenters. The van der Waals surface area contributed by atoms with Crippen LogP contribution in [0.25, 0.3) is 0 Å². The molecule has 21 heavy (non-hydrogen) atoms. The number of nitrogens with zero attached hydrogens (tertiary/aromatic N) is 2. The molecule has 0 amide bonds. The monoisotopic (exact) mass is 290 g/mol. The molecular weight excluding hydrogens is 267 g/mol. The number of likely N-dealkylation sites (tertiary alicyclic amines) is 1. The maximum absolute atomic E-state index is 12.8. The highest BCUT2D eigenvalue weighted by atomic mass is 19.1. The van der Waals surface area contributed by atoms with Gasteiger partial charge in [-0.05, 0) is 50.3 Å². The number of fused-ring (bicyclic) bond motifs is 1. The van der Waals surface area contributed by atoms with Crippen molar-refractivity contribution >= 4 is 5.78 Å². The fourth-order valence-electron chi connectivity index (χ4n) is 3.92. The molecule has 4 heteroatoms. The molecular formula is C17H23FN2O. The van der Waals surface area contributed by atoms with Crippen LogP contribution in [-0.4, -0.2) is 34.8 Å². The summed E-state index contributed by atoms with van der Waals surface area (Å²) >= 11 is 0. The van der Waals surface area contributed by atoms with Gasteiger partial charge in [0.15, 0.2) is 5.78 Å². The van der Waals surface area contributed by atoms with Crippen molar-refractivity contribution in [3.05, 3.63) is 29.8 Å². The second kappa shape index (κ2) is 6.65. The highest BCUT2D eigenvalue weighted by Crippen LogP contribution is 2.35. The lowest BCUT2D eigenvalue weighted by molar-refractivity contribution is 0.0574. The molecule has 0 spiro atoms. The number of piperidine rings is 1. The van der Waals surface area contributed by atoms with Crippen LogP contribution in [0.5, 0.6) is 0 Å². The van der Waals surface area contributed by atoms with Gasteiger partial charge in [0.25, 0.3) is 0 Å². The Morgan fingerprint density at radius 1 is 1.24 bits per heavy atom. The Morgan fingerprint density at radius 3 is 2.86 bits per heavy atom. The zero-order valence-corrected chi connectivity index (χ0v) is 12.4. The van der Waals surface area contributed by atoms with Gasteiger partial charge in [0.05, 0.1) is 6.20 Å². The summed E-state index contributed by atoms with van der Waals surface area (Å²) in [6.45, 7) is 1.93. The molecule has 3 nitrogen and oxygen atoms in total. The normalized spacial score (nSPS) is 26.3. The molecule has 114 valence electrons. The van der Waals surface area contributed by atoms with E-state index in [4.69, 9.17) is 0 Å².